The standard InChI is InChI=1S/C12H20N4S/c1-10(2)11-9-14-12(17-11)13-5-3-7-16-8-4-6-15-16/h4,6,8,10-11H,3,5,7,9H2,1-2H3,(H,13,14). The van der Waals surface area contributed by atoms with Crippen LogP contribution >= 0.6 is 11.8 Å². The second-order valence-electron chi connectivity index (χ2n) is 4.60. The van der Waals surface area contributed by atoms with Crippen molar-refractivity contribution in [2.24, 2.45) is 10.9 Å². The summed E-state index contributed by atoms with van der Waals surface area (Å²) in [6, 6.07) is 1.96. The number of aromatic nitrogens is 2. The van der Waals surface area contributed by atoms with Crippen molar-refractivity contribution in [2.75, 3.05) is 13.1 Å². The van der Waals surface area contributed by atoms with Crippen molar-refractivity contribution in [3.8, 4) is 0 Å². The largest absolute Gasteiger partial charge is 0.365 e. The molecule has 1 unspecified atom stereocenters. The SMILES string of the molecule is CC(C)C1CN=C(NCCCn2cccn2)S1. The summed E-state index contributed by atoms with van der Waals surface area (Å²) in [5.41, 5.74) is 0. The van der Waals surface area contributed by atoms with Crippen molar-refractivity contribution in [1.29, 1.82) is 0 Å². The lowest BCUT2D eigenvalue weighted by Gasteiger charge is -2.12. The van der Waals surface area contributed by atoms with E-state index in [-0.39, 0.29) is 0 Å². The molecule has 2 rings (SSSR count). The zero-order chi connectivity index (χ0) is 12.1. The Balaban J connectivity index is 1.60. The summed E-state index contributed by atoms with van der Waals surface area (Å²) in [7, 11) is 0. The van der Waals surface area contributed by atoms with Crippen LogP contribution in [0.1, 0.15) is 20.3 Å². The van der Waals surface area contributed by atoms with Gasteiger partial charge in [-0.1, -0.05) is 25.6 Å². The quantitative estimate of drug-likeness (QED) is 0.815. The third-order valence-corrected chi connectivity index (χ3v) is 4.31. The molecule has 4 nitrogen and oxygen atoms in total. The molecule has 94 valence electrons. The minimum atomic E-state index is 0.656. The maximum Gasteiger partial charge on any atom is 0.156 e. The average Bonchev–Trinajstić information content (AvgIpc) is 2.96. The Hall–Kier alpha value is -0.970. The summed E-state index contributed by atoms with van der Waals surface area (Å²) in [6.07, 6.45) is 4.89. The molecule has 2 heterocycles. The van der Waals surface area contributed by atoms with Crippen molar-refractivity contribution in [2.45, 2.75) is 32.1 Å². The molecule has 5 heteroatoms. The van der Waals surface area contributed by atoms with Crippen LogP contribution < -0.4 is 5.32 Å². The average molecular weight is 252 g/mol. The molecular formula is C12H20N4S. The molecule has 1 N–H and O–H groups in total. The fourth-order valence-corrected chi connectivity index (χ4v) is 2.75. The number of thioether (sulfide) groups is 1. The van der Waals surface area contributed by atoms with E-state index in [9.17, 15) is 0 Å². The Bertz CT molecular complexity index is 359. The van der Waals surface area contributed by atoms with Crippen LogP contribution in [0.15, 0.2) is 23.5 Å². The third-order valence-electron chi connectivity index (χ3n) is 2.82. The predicted molar refractivity (Wildman–Crippen MR) is 73.4 cm³/mol. The molecule has 0 fully saturated rings. The van der Waals surface area contributed by atoms with E-state index < -0.39 is 0 Å². The molecule has 1 aliphatic heterocycles. The van der Waals surface area contributed by atoms with Gasteiger partial charge >= 0.3 is 0 Å². The Kier molecular flexibility index (Phi) is 4.48. The number of aliphatic imine (C=N–C) groups is 1. The fraction of sp³-hybridized carbons (Fsp3) is 0.667. The zero-order valence-corrected chi connectivity index (χ0v) is 11.3. The molecule has 0 bridgehead atoms. The van der Waals surface area contributed by atoms with E-state index in [0.717, 1.165) is 31.2 Å². The van der Waals surface area contributed by atoms with Gasteiger partial charge in [-0.3, -0.25) is 9.67 Å². The molecular weight excluding hydrogens is 232 g/mol. The van der Waals surface area contributed by atoms with Crippen LogP contribution in [-0.4, -0.2) is 33.3 Å². The summed E-state index contributed by atoms with van der Waals surface area (Å²) in [4.78, 5) is 4.52. The number of amidine groups is 1. The highest BCUT2D eigenvalue weighted by Crippen LogP contribution is 2.25. The maximum atomic E-state index is 4.52. The van der Waals surface area contributed by atoms with Gasteiger partial charge in [0.1, 0.15) is 0 Å². The summed E-state index contributed by atoms with van der Waals surface area (Å²) in [6.45, 7) is 7.41. The van der Waals surface area contributed by atoms with Gasteiger partial charge in [0.25, 0.3) is 0 Å². The van der Waals surface area contributed by atoms with E-state index in [2.05, 4.69) is 29.3 Å². The number of nitrogens with zero attached hydrogens (tertiary/aromatic N) is 3. The summed E-state index contributed by atoms with van der Waals surface area (Å²) >= 11 is 1.88. The normalized spacial score (nSPS) is 19.7. The zero-order valence-electron chi connectivity index (χ0n) is 10.5. The number of hydrogen-bond donors (Lipinski definition) is 1. The van der Waals surface area contributed by atoms with E-state index >= 15 is 0 Å². The lowest BCUT2D eigenvalue weighted by Crippen LogP contribution is -2.22. The van der Waals surface area contributed by atoms with E-state index in [1.807, 2.05) is 34.9 Å². The Labute approximate surface area is 107 Å². The van der Waals surface area contributed by atoms with Gasteiger partial charge < -0.3 is 5.32 Å². The Morgan fingerprint density at radius 3 is 3.12 bits per heavy atom. The molecule has 0 spiro atoms. The lowest BCUT2D eigenvalue weighted by molar-refractivity contribution is 0.574. The van der Waals surface area contributed by atoms with E-state index in [4.69, 9.17) is 0 Å². The summed E-state index contributed by atoms with van der Waals surface area (Å²) in [5, 5.41) is 9.35. The predicted octanol–water partition coefficient (Wildman–Crippen LogP) is 1.99. The number of aryl methyl sites for hydroxylation is 1. The van der Waals surface area contributed by atoms with Crippen LogP contribution in [0.3, 0.4) is 0 Å². The van der Waals surface area contributed by atoms with Crippen molar-refractivity contribution >= 4 is 16.9 Å². The molecule has 1 aromatic rings. The first-order valence-electron chi connectivity index (χ1n) is 6.18. The summed E-state index contributed by atoms with van der Waals surface area (Å²) in [5.74, 6) is 0.701. The highest BCUT2D eigenvalue weighted by atomic mass is 32.2. The molecule has 0 saturated carbocycles. The van der Waals surface area contributed by atoms with Crippen molar-refractivity contribution in [3.05, 3.63) is 18.5 Å². The number of hydrogen-bond acceptors (Lipinski definition) is 4. The third kappa shape index (κ3) is 3.77. The van der Waals surface area contributed by atoms with E-state index in [1.54, 1.807) is 0 Å². The fourth-order valence-electron chi connectivity index (χ4n) is 1.70. The molecule has 0 saturated heterocycles. The molecule has 0 aliphatic carbocycles. The van der Waals surface area contributed by atoms with Gasteiger partial charge in [0, 0.05) is 30.7 Å². The van der Waals surface area contributed by atoms with Crippen molar-refractivity contribution in [1.82, 2.24) is 15.1 Å². The maximum absolute atomic E-state index is 4.52. The smallest absolute Gasteiger partial charge is 0.156 e. The highest BCUT2D eigenvalue weighted by molar-refractivity contribution is 8.14. The van der Waals surface area contributed by atoms with Crippen molar-refractivity contribution < 1.29 is 0 Å². The first-order valence-corrected chi connectivity index (χ1v) is 7.06. The van der Waals surface area contributed by atoms with Gasteiger partial charge in [0.2, 0.25) is 0 Å². The van der Waals surface area contributed by atoms with Gasteiger partial charge in [-0.2, -0.15) is 5.10 Å². The van der Waals surface area contributed by atoms with Gasteiger partial charge in [-0.15, -0.1) is 0 Å². The Morgan fingerprint density at radius 2 is 2.47 bits per heavy atom. The molecule has 17 heavy (non-hydrogen) atoms. The minimum absolute atomic E-state index is 0.656. The number of nitrogens with one attached hydrogen (secondary N) is 1. The number of rotatable bonds is 5. The monoisotopic (exact) mass is 252 g/mol. The van der Waals surface area contributed by atoms with Crippen LogP contribution in [0.4, 0.5) is 0 Å². The first kappa shape index (κ1) is 12.5. The lowest BCUT2D eigenvalue weighted by atomic mass is 10.1. The first-order chi connectivity index (χ1) is 8.25. The summed E-state index contributed by atoms with van der Waals surface area (Å²) < 4.78 is 1.96. The van der Waals surface area contributed by atoms with Gasteiger partial charge in [-0.25, -0.2) is 0 Å². The van der Waals surface area contributed by atoms with Gasteiger partial charge in [0.15, 0.2) is 5.17 Å². The second kappa shape index (κ2) is 6.10. The second-order valence-corrected chi connectivity index (χ2v) is 5.82. The molecule has 0 radical (unpaired) electrons. The van der Waals surface area contributed by atoms with Crippen LogP contribution in [-0.2, 0) is 6.54 Å². The topological polar surface area (TPSA) is 42.2 Å². The highest BCUT2D eigenvalue weighted by Gasteiger charge is 2.21. The van der Waals surface area contributed by atoms with E-state index in [1.165, 1.54) is 0 Å². The molecule has 1 atom stereocenters. The molecule has 0 aromatic carbocycles. The molecule has 0 amide bonds. The van der Waals surface area contributed by atoms with Crippen LogP contribution in [0.25, 0.3) is 0 Å². The molecule has 1 aromatic heterocycles. The van der Waals surface area contributed by atoms with Crippen LogP contribution in [0.2, 0.25) is 0 Å². The minimum Gasteiger partial charge on any atom is -0.365 e. The van der Waals surface area contributed by atoms with E-state index in [0.29, 0.717) is 11.2 Å². The van der Waals surface area contributed by atoms with Gasteiger partial charge in [-0.05, 0) is 18.4 Å². The van der Waals surface area contributed by atoms with Crippen LogP contribution in [0, 0.1) is 5.92 Å². The van der Waals surface area contributed by atoms with Crippen LogP contribution in [0.5, 0.6) is 0 Å². The van der Waals surface area contributed by atoms with Crippen molar-refractivity contribution in [3.63, 3.8) is 0 Å². The Morgan fingerprint density at radius 1 is 1.59 bits per heavy atom. The molecule has 1 aliphatic rings. The van der Waals surface area contributed by atoms with Gasteiger partial charge in [0.05, 0.1) is 6.54 Å².